The SMILES string of the molecule is COc1cc(/C=C(/C#N)C(=O)NC(N)=O)ccc1Oc1ccc([N+](=O)[O-])cc1[N+](=O)[O-]. The van der Waals surface area contributed by atoms with Crippen LogP contribution in [0, 0.1) is 31.6 Å². The second kappa shape index (κ2) is 9.47. The van der Waals surface area contributed by atoms with Crippen molar-refractivity contribution in [3.63, 3.8) is 0 Å². The molecule has 0 spiro atoms. The van der Waals surface area contributed by atoms with Gasteiger partial charge in [-0.3, -0.25) is 30.3 Å². The number of hydrogen-bond donors (Lipinski definition) is 2. The van der Waals surface area contributed by atoms with Crippen LogP contribution in [0.1, 0.15) is 5.56 Å². The molecule has 0 unspecified atom stereocenters. The summed E-state index contributed by atoms with van der Waals surface area (Å²) in [7, 11) is 1.28. The topological polar surface area (TPSA) is 201 Å². The van der Waals surface area contributed by atoms with E-state index in [9.17, 15) is 29.8 Å². The molecule has 3 amide bonds. The average molecular weight is 427 g/mol. The summed E-state index contributed by atoms with van der Waals surface area (Å²) in [5.74, 6) is -1.17. The van der Waals surface area contributed by atoms with Crippen molar-refractivity contribution in [2.24, 2.45) is 5.73 Å². The number of carbonyl (C=O) groups excluding carboxylic acids is 2. The van der Waals surface area contributed by atoms with Gasteiger partial charge in [0.25, 0.3) is 11.6 Å². The zero-order chi connectivity index (χ0) is 23.1. The van der Waals surface area contributed by atoms with E-state index >= 15 is 0 Å². The van der Waals surface area contributed by atoms with Gasteiger partial charge in [-0.2, -0.15) is 5.26 Å². The van der Waals surface area contributed by atoms with Gasteiger partial charge in [-0.25, -0.2) is 4.79 Å². The Bertz CT molecular complexity index is 1150. The standard InChI is InChI=1S/C18H13N5O8/c1-30-16-7-10(6-11(9-19)17(24)21-18(20)25)2-4-15(16)31-14-5-3-12(22(26)27)8-13(14)23(28)29/h2-8H,1H3,(H3,20,21,24,25)/b11-6-. The number of urea groups is 1. The maximum absolute atomic E-state index is 11.8. The molecule has 0 bridgehead atoms. The smallest absolute Gasteiger partial charge is 0.319 e. The third kappa shape index (κ3) is 5.51. The van der Waals surface area contributed by atoms with Crippen LogP contribution in [0.5, 0.6) is 17.2 Å². The van der Waals surface area contributed by atoms with Gasteiger partial charge in [0.2, 0.25) is 5.75 Å². The Morgan fingerprint density at radius 2 is 1.77 bits per heavy atom. The Balaban J connectivity index is 2.41. The monoisotopic (exact) mass is 427 g/mol. The Hall–Kier alpha value is -4.99. The van der Waals surface area contributed by atoms with E-state index in [0.29, 0.717) is 5.56 Å². The fraction of sp³-hybridized carbons (Fsp3) is 0.0556. The Morgan fingerprint density at radius 3 is 2.32 bits per heavy atom. The van der Waals surface area contributed by atoms with E-state index in [4.69, 9.17) is 20.5 Å². The molecular formula is C18H13N5O8. The summed E-state index contributed by atoms with van der Waals surface area (Å²) in [5.41, 5.74) is 3.62. The summed E-state index contributed by atoms with van der Waals surface area (Å²) >= 11 is 0. The normalized spacial score (nSPS) is 10.5. The lowest BCUT2D eigenvalue weighted by Gasteiger charge is -2.11. The number of methoxy groups -OCH3 is 1. The lowest BCUT2D eigenvalue weighted by atomic mass is 10.1. The van der Waals surface area contributed by atoms with E-state index in [0.717, 1.165) is 24.3 Å². The van der Waals surface area contributed by atoms with Crippen LogP contribution in [0.2, 0.25) is 0 Å². The number of nitro benzene ring substituents is 2. The molecule has 158 valence electrons. The molecule has 31 heavy (non-hydrogen) atoms. The second-order valence-electron chi connectivity index (χ2n) is 5.67. The minimum atomic E-state index is -1.13. The van der Waals surface area contributed by atoms with Crippen LogP contribution >= 0.6 is 0 Å². The lowest BCUT2D eigenvalue weighted by molar-refractivity contribution is -0.394. The molecule has 13 heteroatoms. The molecule has 0 saturated carbocycles. The van der Waals surface area contributed by atoms with Gasteiger partial charge in [-0.15, -0.1) is 0 Å². The first-order valence-electron chi connectivity index (χ1n) is 8.17. The first kappa shape index (κ1) is 22.3. The fourth-order valence-electron chi connectivity index (χ4n) is 2.32. The van der Waals surface area contributed by atoms with Crippen molar-refractivity contribution < 1.29 is 28.9 Å². The van der Waals surface area contributed by atoms with E-state index < -0.39 is 38.7 Å². The van der Waals surface area contributed by atoms with Crippen LogP contribution in [0.4, 0.5) is 16.2 Å². The number of nitrogens with two attached hydrogens (primary N) is 1. The average Bonchev–Trinajstić information content (AvgIpc) is 2.72. The Labute approximate surface area is 173 Å². The molecule has 2 aromatic carbocycles. The molecule has 0 aliphatic heterocycles. The van der Waals surface area contributed by atoms with Crippen LogP contribution in [0.3, 0.4) is 0 Å². The number of benzene rings is 2. The number of imide groups is 1. The van der Waals surface area contributed by atoms with Crippen LogP contribution in [0.15, 0.2) is 42.0 Å². The quantitative estimate of drug-likeness (QED) is 0.288. The highest BCUT2D eigenvalue weighted by Gasteiger charge is 2.22. The van der Waals surface area contributed by atoms with Crippen LogP contribution in [-0.2, 0) is 4.79 Å². The number of amides is 3. The van der Waals surface area contributed by atoms with Gasteiger partial charge in [-0.05, 0) is 29.8 Å². The van der Waals surface area contributed by atoms with E-state index in [1.807, 2.05) is 0 Å². The Kier molecular flexibility index (Phi) is 6.82. The number of non-ortho nitro benzene ring substituents is 1. The van der Waals surface area contributed by atoms with Crippen molar-refractivity contribution in [2.75, 3.05) is 7.11 Å². The number of nitrogens with one attached hydrogen (secondary N) is 1. The van der Waals surface area contributed by atoms with E-state index in [1.165, 1.54) is 25.3 Å². The van der Waals surface area contributed by atoms with E-state index in [1.54, 1.807) is 11.4 Å². The molecular weight excluding hydrogens is 414 g/mol. The van der Waals surface area contributed by atoms with Gasteiger partial charge in [0.1, 0.15) is 11.6 Å². The van der Waals surface area contributed by atoms with Crippen molar-refractivity contribution in [1.29, 1.82) is 5.26 Å². The summed E-state index contributed by atoms with van der Waals surface area (Å²) in [5, 5.41) is 32.9. The third-order valence-electron chi connectivity index (χ3n) is 3.67. The van der Waals surface area contributed by atoms with Gasteiger partial charge < -0.3 is 15.2 Å². The first-order chi connectivity index (χ1) is 14.7. The highest BCUT2D eigenvalue weighted by molar-refractivity contribution is 6.08. The van der Waals surface area contributed by atoms with Crippen molar-refractivity contribution in [1.82, 2.24) is 5.32 Å². The van der Waals surface area contributed by atoms with Crippen molar-refractivity contribution in [2.45, 2.75) is 0 Å². The molecule has 0 aromatic heterocycles. The van der Waals surface area contributed by atoms with Crippen LogP contribution < -0.4 is 20.5 Å². The number of nitro groups is 2. The van der Waals surface area contributed by atoms with Crippen molar-refractivity contribution in [3.8, 4) is 23.3 Å². The number of hydrogen-bond acceptors (Lipinski definition) is 9. The highest BCUT2D eigenvalue weighted by atomic mass is 16.6. The molecule has 2 aromatic rings. The molecule has 0 heterocycles. The minimum absolute atomic E-state index is 0.0247. The number of carbonyl (C=O) groups is 2. The predicted octanol–water partition coefficient (Wildman–Crippen LogP) is 2.41. The van der Waals surface area contributed by atoms with Gasteiger partial charge in [-0.1, -0.05) is 6.07 Å². The summed E-state index contributed by atoms with van der Waals surface area (Å²) in [4.78, 5) is 43.0. The number of ether oxygens (including phenoxy) is 2. The molecule has 3 N–H and O–H groups in total. The van der Waals surface area contributed by atoms with E-state index in [-0.39, 0.29) is 17.2 Å². The summed E-state index contributed by atoms with van der Waals surface area (Å²) in [6.07, 6.45) is 1.15. The van der Waals surface area contributed by atoms with Gasteiger partial charge >= 0.3 is 11.7 Å². The zero-order valence-corrected chi connectivity index (χ0v) is 15.7. The zero-order valence-electron chi connectivity index (χ0n) is 15.7. The maximum Gasteiger partial charge on any atom is 0.319 e. The molecule has 0 aliphatic rings. The Morgan fingerprint density at radius 1 is 1.10 bits per heavy atom. The number of rotatable bonds is 7. The van der Waals surface area contributed by atoms with Gasteiger partial charge in [0.15, 0.2) is 11.5 Å². The third-order valence-corrected chi connectivity index (χ3v) is 3.67. The summed E-state index contributed by atoms with van der Waals surface area (Å²) in [6.45, 7) is 0. The van der Waals surface area contributed by atoms with Gasteiger partial charge in [0.05, 0.1) is 23.0 Å². The maximum atomic E-state index is 11.8. The molecule has 2 rings (SSSR count). The molecule has 13 nitrogen and oxygen atoms in total. The second-order valence-corrected chi connectivity index (χ2v) is 5.67. The van der Waals surface area contributed by atoms with Crippen LogP contribution in [-0.4, -0.2) is 28.9 Å². The number of nitriles is 1. The fourth-order valence-corrected chi connectivity index (χ4v) is 2.32. The summed E-state index contributed by atoms with van der Waals surface area (Å²) < 4.78 is 10.7. The van der Waals surface area contributed by atoms with Crippen molar-refractivity contribution >= 4 is 29.4 Å². The minimum Gasteiger partial charge on any atom is -0.493 e. The molecule has 0 radical (unpaired) electrons. The lowest BCUT2D eigenvalue weighted by Crippen LogP contribution is -2.35. The predicted molar refractivity (Wildman–Crippen MR) is 104 cm³/mol. The highest BCUT2D eigenvalue weighted by Crippen LogP contribution is 2.38. The molecule has 0 aliphatic carbocycles. The molecule has 0 saturated heterocycles. The van der Waals surface area contributed by atoms with Gasteiger partial charge in [0, 0.05) is 6.07 Å². The van der Waals surface area contributed by atoms with E-state index in [2.05, 4.69) is 0 Å². The van der Waals surface area contributed by atoms with Crippen LogP contribution in [0.25, 0.3) is 6.08 Å². The first-order valence-corrected chi connectivity index (χ1v) is 8.17. The summed E-state index contributed by atoms with van der Waals surface area (Å²) in [6, 6.07) is 7.49. The largest absolute Gasteiger partial charge is 0.493 e. The number of primary amides is 1. The molecule has 0 fully saturated rings. The van der Waals surface area contributed by atoms with Crippen molar-refractivity contribution in [3.05, 3.63) is 67.8 Å². The number of nitrogens with zero attached hydrogens (tertiary/aromatic N) is 3. The molecule has 0 atom stereocenters.